The van der Waals surface area contributed by atoms with Gasteiger partial charge in [-0.25, -0.2) is 4.68 Å². The number of carbonyl (C=O) groups excluding carboxylic acids is 1. The van der Waals surface area contributed by atoms with Crippen LogP contribution in [-0.4, -0.2) is 44.0 Å². The fourth-order valence-electron chi connectivity index (χ4n) is 5.32. The van der Waals surface area contributed by atoms with E-state index in [1.54, 1.807) is 0 Å². The molecule has 4 rings (SSSR count). The minimum Gasteiger partial charge on any atom is -0.390 e. The number of hydrogen-bond acceptors (Lipinski definition) is 4. The van der Waals surface area contributed by atoms with Crippen LogP contribution in [0.1, 0.15) is 57.7 Å². The molecule has 0 spiro atoms. The van der Waals surface area contributed by atoms with Gasteiger partial charge in [-0.2, -0.15) is 0 Å². The standard InChI is InChI=1S/C19H28N4O2/c1-13-18(2,3)14-4-7-19(13,10-14)17(25)22-8-5-16(6-9-22)23-11-15(12-24)20-21-23/h11,14,16,24H,1,4-10,12H2,2-3H3/t14-,19+/m1/s1. The zero-order valence-electron chi connectivity index (χ0n) is 15.2. The van der Waals surface area contributed by atoms with E-state index in [0.29, 0.717) is 17.5 Å². The van der Waals surface area contributed by atoms with Crippen LogP contribution >= 0.6 is 0 Å². The minimum absolute atomic E-state index is 0.0844. The number of fused-ring (bicyclic) bond motifs is 2. The van der Waals surface area contributed by atoms with Crippen molar-refractivity contribution in [2.75, 3.05) is 13.1 Å². The summed E-state index contributed by atoms with van der Waals surface area (Å²) in [5, 5.41) is 17.2. The number of piperidine rings is 1. The molecule has 1 N–H and O–H groups in total. The Morgan fingerprint density at radius 1 is 1.36 bits per heavy atom. The van der Waals surface area contributed by atoms with Gasteiger partial charge in [0.05, 0.1) is 24.3 Å². The topological polar surface area (TPSA) is 71.2 Å². The first-order valence-corrected chi connectivity index (χ1v) is 9.39. The third-order valence-corrected chi connectivity index (χ3v) is 7.15. The van der Waals surface area contributed by atoms with E-state index in [2.05, 4.69) is 35.6 Å². The largest absolute Gasteiger partial charge is 0.390 e. The molecule has 2 heterocycles. The number of amides is 1. The molecule has 1 amide bonds. The predicted octanol–water partition coefficient (Wildman–Crippen LogP) is 2.32. The van der Waals surface area contributed by atoms with Crippen molar-refractivity contribution in [3.8, 4) is 0 Å². The van der Waals surface area contributed by atoms with Gasteiger partial charge in [-0.1, -0.05) is 31.2 Å². The molecule has 2 saturated carbocycles. The summed E-state index contributed by atoms with van der Waals surface area (Å²) in [5.41, 5.74) is 1.54. The van der Waals surface area contributed by atoms with E-state index in [1.807, 2.05) is 10.9 Å². The fourth-order valence-corrected chi connectivity index (χ4v) is 5.32. The van der Waals surface area contributed by atoms with E-state index in [-0.39, 0.29) is 23.5 Å². The van der Waals surface area contributed by atoms with Gasteiger partial charge in [0, 0.05) is 13.1 Å². The molecule has 1 saturated heterocycles. The number of rotatable bonds is 3. The van der Waals surface area contributed by atoms with Crippen molar-refractivity contribution in [3.05, 3.63) is 24.0 Å². The third-order valence-electron chi connectivity index (χ3n) is 7.15. The lowest BCUT2D eigenvalue weighted by Crippen LogP contribution is -2.47. The molecule has 3 fully saturated rings. The molecule has 2 bridgehead atoms. The van der Waals surface area contributed by atoms with Crippen molar-refractivity contribution in [3.63, 3.8) is 0 Å². The second kappa shape index (κ2) is 5.66. The van der Waals surface area contributed by atoms with Gasteiger partial charge in [0.1, 0.15) is 5.69 Å². The average molecular weight is 344 g/mol. The molecule has 3 aliphatic rings. The van der Waals surface area contributed by atoms with Crippen LogP contribution in [0.2, 0.25) is 0 Å². The van der Waals surface area contributed by atoms with Crippen LogP contribution in [0.5, 0.6) is 0 Å². The third kappa shape index (κ3) is 2.37. The van der Waals surface area contributed by atoms with E-state index in [1.165, 1.54) is 0 Å². The van der Waals surface area contributed by atoms with Gasteiger partial charge in [-0.05, 0) is 43.4 Å². The average Bonchev–Trinajstić information content (AvgIpc) is 3.31. The fraction of sp³-hybridized carbons (Fsp3) is 0.737. The Hall–Kier alpha value is -1.69. The van der Waals surface area contributed by atoms with Crippen LogP contribution in [0.3, 0.4) is 0 Å². The molecule has 1 aliphatic heterocycles. The number of nitrogens with zero attached hydrogens (tertiary/aromatic N) is 4. The summed E-state index contributed by atoms with van der Waals surface area (Å²) >= 11 is 0. The Labute approximate surface area is 148 Å². The number of aliphatic hydroxyl groups is 1. The molecule has 2 atom stereocenters. The Morgan fingerprint density at radius 2 is 2.08 bits per heavy atom. The maximum atomic E-state index is 13.4. The van der Waals surface area contributed by atoms with Crippen LogP contribution in [-0.2, 0) is 11.4 Å². The van der Waals surface area contributed by atoms with Gasteiger partial charge < -0.3 is 10.0 Å². The van der Waals surface area contributed by atoms with E-state index < -0.39 is 0 Å². The van der Waals surface area contributed by atoms with Crippen molar-refractivity contribution in [2.24, 2.45) is 16.7 Å². The van der Waals surface area contributed by atoms with Crippen molar-refractivity contribution < 1.29 is 9.90 Å². The highest BCUT2D eigenvalue weighted by Gasteiger charge is 2.61. The van der Waals surface area contributed by atoms with Gasteiger partial charge in [0.2, 0.25) is 5.91 Å². The summed E-state index contributed by atoms with van der Waals surface area (Å²) < 4.78 is 1.84. The van der Waals surface area contributed by atoms with Crippen molar-refractivity contribution in [1.29, 1.82) is 0 Å². The zero-order chi connectivity index (χ0) is 17.8. The van der Waals surface area contributed by atoms with Gasteiger partial charge in [0.15, 0.2) is 0 Å². The van der Waals surface area contributed by atoms with Gasteiger partial charge in [0.25, 0.3) is 0 Å². The highest BCUT2D eigenvalue weighted by atomic mass is 16.3. The molecule has 25 heavy (non-hydrogen) atoms. The molecule has 136 valence electrons. The predicted molar refractivity (Wildman–Crippen MR) is 93.5 cm³/mol. The van der Waals surface area contributed by atoms with E-state index in [4.69, 9.17) is 5.11 Å². The van der Waals surface area contributed by atoms with Gasteiger partial charge in [-0.3, -0.25) is 4.79 Å². The number of aliphatic hydroxyl groups excluding tert-OH is 1. The van der Waals surface area contributed by atoms with Crippen LogP contribution in [0.4, 0.5) is 0 Å². The molecule has 0 radical (unpaired) electrons. The summed E-state index contributed by atoms with van der Waals surface area (Å²) in [6.07, 6.45) is 6.69. The number of carbonyl (C=O) groups is 1. The second-order valence-corrected chi connectivity index (χ2v) is 8.59. The summed E-state index contributed by atoms with van der Waals surface area (Å²) in [6, 6.07) is 0.258. The van der Waals surface area contributed by atoms with Crippen molar-refractivity contribution in [2.45, 2.75) is 58.6 Å². The molecular weight excluding hydrogens is 316 g/mol. The number of aromatic nitrogens is 3. The first kappa shape index (κ1) is 16.8. The normalized spacial score (nSPS) is 31.7. The molecular formula is C19H28N4O2. The SMILES string of the molecule is C=C1C(C)(C)[C@@H]2CC[C@]1(C(=O)N1CCC(n3cc(CO)nn3)CC1)C2. The summed E-state index contributed by atoms with van der Waals surface area (Å²) in [6.45, 7) is 10.3. The summed E-state index contributed by atoms with van der Waals surface area (Å²) in [4.78, 5) is 15.4. The summed E-state index contributed by atoms with van der Waals surface area (Å²) in [5.74, 6) is 0.909. The quantitative estimate of drug-likeness (QED) is 0.854. The lowest BCUT2D eigenvalue weighted by Gasteiger charge is -2.41. The molecule has 0 unspecified atom stereocenters. The lowest BCUT2D eigenvalue weighted by atomic mass is 9.68. The Balaban J connectivity index is 1.44. The van der Waals surface area contributed by atoms with E-state index in [9.17, 15) is 4.79 Å². The molecule has 2 aliphatic carbocycles. The number of hydrogen-bond donors (Lipinski definition) is 1. The first-order chi connectivity index (χ1) is 11.9. The van der Waals surface area contributed by atoms with Crippen LogP contribution in [0, 0.1) is 16.7 Å². The van der Waals surface area contributed by atoms with Crippen LogP contribution in [0.25, 0.3) is 0 Å². The highest BCUT2D eigenvalue weighted by molar-refractivity contribution is 5.87. The monoisotopic (exact) mass is 344 g/mol. The Kier molecular flexibility index (Phi) is 3.79. The maximum Gasteiger partial charge on any atom is 0.232 e. The Bertz CT molecular complexity index is 702. The van der Waals surface area contributed by atoms with Crippen LogP contribution in [0.15, 0.2) is 18.3 Å². The zero-order valence-corrected chi connectivity index (χ0v) is 15.2. The summed E-state index contributed by atoms with van der Waals surface area (Å²) in [7, 11) is 0. The molecule has 1 aromatic heterocycles. The number of likely N-dealkylation sites (tertiary alicyclic amines) is 1. The maximum absolute atomic E-state index is 13.4. The van der Waals surface area contributed by atoms with E-state index in [0.717, 1.165) is 50.8 Å². The minimum atomic E-state index is -0.307. The molecule has 0 aromatic carbocycles. The lowest BCUT2D eigenvalue weighted by molar-refractivity contribution is -0.141. The second-order valence-electron chi connectivity index (χ2n) is 8.59. The molecule has 6 heteroatoms. The van der Waals surface area contributed by atoms with Crippen molar-refractivity contribution in [1.82, 2.24) is 19.9 Å². The van der Waals surface area contributed by atoms with E-state index >= 15 is 0 Å². The smallest absolute Gasteiger partial charge is 0.232 e. The first-order valence-electron chi connectivity index (χ1n) is 9.39. The van der Waals surface area contributed by atoms with Gasteiger partial charge in [-0.15, -0.1) is 5.10 Å². The van der Waals surface area contributed by atoms with Gasteiger partial charge >= 0.3 is 0 Å². The molecule has 1 aromatic rings. The highest BCUT2D eigenvalue weighted by Crippen LogP contribution is 2.66. The van der Waals surface area contributed by atoms with Crippen molar-refractivity contribution >= 4 is 5.91 Å². The molecule has 6 nitrogen and oxygen atoms in total. The van der Waals surface area contributed by atoms with Crippen LogP contribution < -0.4 is 0 Å². The Morgan fingerprint density at radius 3 is 2.64 bits per heavy atom.